The number of aromatic nitrogens is 3. The zero-order chi connectivity index (χ0) is 19.5. The average molecular weight is 411 g/mol. The molecule has 3 heterocycles. The number of nitrogens with zero attached hydrogens (tertiary/aromatic N) is 2. The summed E-state index contributed by atoms with van der Waals surface area (Å²) < 4.78 is 6.17. The van der Waals surface area contributed by atoms with Crippen LogP contribution in [0.5, 0.6) is 0 Å². The highest BCUT2D eigenvalue weighted by Crippen LogP contribution is 2.44. The molecule has 4 aromatic rings. The van der Waals surface area contributed by atoms with Crippen LogP contribution in [-0.4, -0.2) is 34.4 Å². The Morgan fingerprint density at radius 2 is 2.04 bits per heavy atom. The number of nitrogen functional groups attached to an aromatic ring is 1. The Labute approximate surface area is 169 Å². The van der Waals surface area contributed by atoms with Gasteiger partial charge in [0.2, 0.25) is 0 Å². The van der Waals surface area contributed by atoms with Crippen molar-refractivity contribution in [3.8, 4) is 22.5 Å². The standard InChI is InChI=1S/C20H18N4O2S2/c1-26-7-8-27-20-18(21)17-13(12-5-3-2-4-6-12)9-15(24-19(17)28-20)14-10-16(25)23-11-22-14/h2-6,9-11H,7-8,21H2,1H3,(H,22,23,25). The lowest BCUT2D eigenvalue weighted by Crippen LogP contribution is -2.05. The Kier molecular flexibility index (Phi) is 5.43. The van der Waals surface area contributed by atoms with Crippen LogP contribution < -0.4 is 11.3 Å². The quantitative estimate of drug-likeness (QED) is 0.368. The Bertz CT molecular complexity index is 1170. The maximum absolute atomic E-state index is 11.7. The molecule has 0 aliphatic heterocycles. The summed E-state index contributed by atoms with van der Waals surface area (Å²) in [6.45, 7) is 0.652. The molecule has 0 saturated heterocycles. The van der Waals surface area contributed by atoms with E-state index in [1.807, 2.05) is 36.4 Å². The molecule has 28 heavy (non-hydrogen) atoms. The van der Waals surface area contributed by atoms with E-state index in [1.54, 1.807) is 30.2 Å². The van der Waals surface area contributed by atoms with Crippen LogP contribution in [0.15, 0.2) is 57.8 Å². The van der Waals surface area contributed by atoms with Gasteiger partial charge in [0.25, 0.3) is 5.56 Å². The second-order valence-corrected chi connectivity index (χ2v) is 8.40. The van der Waals surface area contributed by atoms with E-state index >= 15 is 0 Å². The predicted molar refractivity (Wildman–Crippen MR) is 116 cm³/mol. The number of aromatic amines is 1. The van der Waals surface area contributed by atoms with Gasteiger partial charge in [0.1, 0.15) is 4.83 Å². The molecule has 1 aromatic carbocycles. The lowest BCUT2D eigenvalue weighted by Gasteiger charge is -2.08. The maximum Gasteiger partial charge on any atom is 0.251 e. The van der Waals surface area contributed by atoms with E-state index in [0.29, 0.717) is 18.0 Å². The summed E-state index contributed by atoms with van der Waals surface area (Å²) in [5.41, 5.74) is 10.2. The van der Waals surface area contributed by atoms with Gasteiger partial charge in [-0.3, -0.25) is 4.79 Å². The number of methoxy groups -OCH3 is 1. The second kappa shape index (κ2) is 8.14. The number of pyridine rings is 1. The molecule has 0 radical (unpaired) electrons. The molecule has 3 N–H and O–H groups in total. The van der Waals surface area contributed by atoms with Crippen molar-refractivity contribution in [2.24, 2.45) is 0 Å². The molecule has 0 unspecified atom stereocenters. The van der Waals surface area contributed by atoms with Crippen molar-refractivity contribution in [1.82, 2.24) is 15.0 Å². The molecule has 0 fully saturated rings. The maximum atomic E-state index is 11.7. The Hall–Kier alpha value is -2.68. The third-order valence-corrected chi connectivity index (χ3v) is 6.56. The minimum atomic E-state index is -0.213. The number of thioether (sulfide) groups is 1. The summed E-state index contributed by atoms with van der Waals surface area (Å²) in [6.07, 6.45) is 1.39. The fraction of sp³-hybridized carbons (Fsp3) is 0.150. The van der Waals surface area contributed by atoms with Gasteiger partial charge in [-0.15, -0.1) is 23.1 Å². The fourth-order valence-corrected chi connectivity index (χ4v) is 5.18. The molecule has 0 amide bonds. The van der Waals surface area contributed by atoms with E-state index < -0.39 is 0 Å². The number of hydrogen-bond donors (Lipinski definition) is 2. The first kappa shape index (κ1) is 18.7. The molecule has 6 nitrogen and oxygen atoms in total. The van der Waals surface area contributed by atoms with Gasteiger partial charge >= 0.3 is 0 Å². The van der Waals surface area contributed by atoms with E-state index in [2.05, 4.69) is 9.97 Å². The number of nitrogens with one attached hydrogen (secondary N) is 1. The van der Waals surface area contributed by atoms with Gasteiger partial charge in [-0.1, -0.05) is 30.3 Å². The molecular weight excluding hydrogens is 392 g/mol. The van der Waals surface area contributed by atoms with Gasteiger partial charge < -0.3 is 15.5 Å². The summed E-state index contributed by atoms with van der Waals surface area (Å²) in [4.78, 5) is 24.1. The number of hydrogen-bond acceptors (Lipinski definition) is 7. The van der Waals surface area contributed by atoms with Crippen LogP contribution in [0.25, 0.3) is 32.7 Å². The van der Waals surface area contributed by atoms with Crippen LogP contribution in [-0.2, 0) is 4.74 Å². The highest BCUT2D eigenvalue weighted by molar-refractivity contribution is 8.01. The van der Waals surface area contributed by atoms with E-state index in [9.17, 15) is 4.79 Å². The number of ether oxygens (including phenoxy) is 1. The molecule has 0 atom stereocenters. The summed E-state index contributed by atoms with van der Waals surface area (Å²) in [5, 5.41) is 0.935. The third kappa shape index (κ3) is 3.66. The first-order valence-corrected chi connectivity index (χ1v) is 10.4. The number of anilines is 1. The van der Waals surface area contributed by atoms with Crippen molar-refractivity contribution >= 4 is 39.0 Å². The smallest absolute Gasteiger partial charge is 0.251 e. The summed E-state index contributed by atoms with van der Waals surface area (Å²) in [7, 11) is 1.69. The van der Waals surface area contributed by atoms with Crippen molar-refractivity contribution in [3.63, 3.8) is 0 Å². The van der Waals surface area contributed by atoms with Crippen molar-refractivity contribution in [3.05, 3.63) is 59.1 Å². The number of nitrogens with two attached hydrogens (primary N) is 1. The molecule has 0 spiro atoms. The lowest BCUT2D eigenvalue weighted by atomic mass is 10.0. The van der Waals surface area contributed by atoms with Crippen molar-refractivity contribution in [2.45, 2.75) is 4.21 Å². The van der Waals surface area contributed by atoms with Crippen molar-refractivity contribution in [2.75, 3.05) is 25.2 Å². The van der Waals surface area contributed by atoms with Gasteiger partial charge in [-0.05, 0) is 17.2 Å². The molecule has 3 aromatic heterocycles. The van der Waals surface area contributed by atoms with Crippen LogP contribution in [0.3, 0.4) is 0 Å². The summed E-state index contributed by atoms with van der Waals surface area (Å²) in [5.74, 6) is 0.816. The number of H-pyrrole nitrogens is 1. The third-order valence-electron chi connectivity index (χ3n) is 4.21. The topological polar surface area (TPSA) is 93.9 Å². The summed E-state index contributed by atoms with van der Waals surface area (Å²) >= 11 is 3.22. The minimum absolute atomic E-state index is 0.213. The van der Waals surface area contributed by atoms with Gasteiger partial charge in [0, 0.05) is 24.3 Å². The average Bonchev–Trinajstić information content (AvgIpc) is 3.04. The molecule has 0 saturated carbocycles. The number of benzene rings is 1. The highest BCUT2D eigenvalue weighted by Gasteiger charge is 2.18. The normalized spacial score (nSPS) is 11.2. The Morgan fingerprint density at radius 1 is 1.21 bits per heavy atom. The van der Waals surface area contributed by atoms with Gasteiger partial charge in [-0.25, -0.2) is 9.97 Å². The van der Waals surface area contributed by atoms with Crippen LogP contribution >= 0.6 is 23.1 Å². The van der Waals surface area contributed by atoms with Crippen molar-refractivity contribution < 1.29 is 4.74 Å². The number of thiophene rings is 1. The summed E-state index contributed by atoms with van der Waals surface area (Å²) in [6, 6.07) is 13.4. The van der Waals surface area contributed by atoms with E-state index in [-0.39, 0.29) is 5.56 Å². The molecule has 4 rings (SSSR count). The van der Waals surface area contributed by atoms with Gasteiger partial charge in [0.15, 0.2) is 0 Å². The molecule has 0 bridgehead atoms. The molecule has 142 valence electrons. The second-order valence-electron chi connectivity index (χ2n) is 6.04. The number of fused-ring (bicyclic) bond motifs is 1. The molecular formula is C20H18N4O2S2. The van der Waals surface area contributed by atoms with Crippen LogP contribution in [0.1, 0.15) is 0 Å². The monoisotopic (exact) mass is 410 g/mol. The zero-order valence-electron chi connectivity index (χ0n) is 15.1. The minimum Gasteiger partial charge on any atom is -0.397 e. The molecule has 0 aliphatic carbocycles. The lowest BCUT2D eigenvalue weighted by molar-refractivity contribution is 0.218. The SMILES string of the molecule is COCCSc1sc2nc(-c3cc(=O)[nH]cn3)cc(-c3ccccc3)c2c1N. The zero-order valence-corrected chi connectivity index (χ0v) is 16.8. The van der Waals surface area contributed by atoms with Gasteiger partial charge in [0.05, 0.1) is 34.2 Å². The first-order chi connectivity index (χ1) is 13.7. The number of rotatable bonds is 6. The molecule has 0 aliphatic rings. The first-order valence-electron chi connectivity index (χ1n) is 8.62. The predicted octanol–water partition coefficient (Wildman–Crippen LogP) is 4.03. The van der Waals surface area contributed by atoms with Gasteiger partial charge in [-0.2, -0.15) is 0 Å². The fourth-order valence-electron chi connectivity index (χ4n) is 2.91. The van der Waals surface area contributed by atoms with E-state index in [4.69, 9.17) is 15.5 Å². The van der Waals surface area contributed by atoms with Crippen LogP contribution in [0.4, 0.5) is 5.69 Å². The van der Waals surface area contributed by atoms with E-state index in [0.717, 1.165) is 37.0 Å². The van der Waals surface area contributed by atoms with E-state index in [1.165, 1.54) is 12.4 Å². The van der Waals surface area contributed by atoms with Crippen LogP contribution in [0.2, 0.25) is 0 Å². The molecule has 8 heteroatoms. The highest BCUT2D eigenvalue weighted by atomic mass is 32.2. The Balaban J connectivity index is 1.93. The van der Waals surface area contributed by atoms with Crippen LogP contribution in [0, 0.1) is 0 Å². The largest absolute Gasteiger partial charge is 0.397 e. The van der Waals surface area contributed by atoms with Crippen molar-refractivity contribution in [1.29, 1.82) is 0 Å². The Morgan fingerprint density at radius 3 is 2.79 bits per heavy atom.